The van der Waals surface area contributed by atoms with Gasteiger partial charge in [-0.15, -0.1) is 0 Å². The lowest BCUT2D eigenvalue weighted by Gasteiger charge is -2.32. The molecule has 1 aromatic carbocycles. The van der Waals surface area contributed by atoms with Gasteiger partial charge in [0.25, 0.3) is 0 Å². The Bertz CT molecular complexity index is 413. The van der Waals surface area contributed by atoms with E-state index in [1.807, 2.05) is 0 Å². The Balaban J connectivity index is 1.82. The summed E-state index contributed by atoms with van der Waals surface area (Å²) in [7, 11) is 0. The summed E-state index contributed by atoms with van der Waals surface area (Å²) in [5.41, 5.74) is 2.66. The normalized spacial score (nSPS) is 20.0. The molecule has 0 spiro atoms. The lowest BCUT2D eigenvalue weighted by atomic mass is 9.94. The Morgan fingerprint density at radius 3 is 2.74 bits per heavy atom. The summed E-state index contributed by atoms with van der Waals surface area (Å²) < 4.78 is 0. The molecule has 1 fully saturated rings. The van der Waals surface area contributed by atoms with Crippen molar-refractivity contribution in [1.29, 1.82) is 0 Å². The number of aryl methyl sites for hydroxylation is 2. The number of hydrogen-bond acceptors (Lipinski definition) is 2. The van der Waals surface area contributed by atoms with Crippen LogP contribution in [0.4, 0.5) is 0 Å². The van der Waals surface area contributed by atoms with E-state index >= 15 is 0 Å². The second kappa shape index (κ2) is 6.06. The van der Waals surface area contributed by atoms with Crippen molar-refractivity contribution in [3.8, 4) is 0 Å². The van der Waals surface area contributed by atoms with Crippen LogP contribution in [0.15, 0.2) is 24.3 Å². The van der Waals surface area contributed by atoms with E-state index in [0.29, 0.717) is 12.0 Å². The third-order valence-electron chi connectivity index (χ3n) is 4.33. The maximum absolute atomic E-state index is 9.60. The van der Waals surface area contributed by atoms with E-state index in [4.69, 9.17) is 0 Å². The first-order valence-corrected chi connectivity index (χ1v) is 7.47. The Morgan fingerprint density at radius 2 is 2.16 bits per heavy atom. The van der Waals surface area contributed by atoms with Gasteiger partial charge in [-0.2, -0.15) is 0 Å². The smallest absolute Gasteiger partial charge is 0.0613 e. The van der Waals surface area contributed by atoms with Gasteiger partial charge >= 0.3 is 0 Å². The highest BCUT2D eigenvalue weighted by atomic mass is 16.3. The molecule has 2 unspecified atom stereocenters. The molecular formula is C17H27NO. The van der Waals surface area contributed by atoms with Crippen molar-refractivity contribution < 1.29 is 5.11 Å². The SMILES string of the molecule is Cc1cccc(CCC(C)NC(C)(CO)C2CC2)c1. The minimum atomic E-state index is -0.0774. The molecular weight excluding hydrogens is 234 g/mol. The summed E-state index contributed by atoms with van der Waals surface area (Å²) in [6, 6.07) is 9.18. The largest absolute Gasteiger partial charge is 0.394 e. The third-order valence-corrected chi connectivity index (χ3v) is 4.33. The highest BCUT2D eigenvalue weighted by molar-refractivity contribution is 5.22. The van der Waals surface area contributed by atoms with Gasteiger partial charge in [0, 0.05) is 11.6 Å². The van der Waals surface area contributed by atoms with E-state index in [9.17, 15) is 5.11 Å². The number of aliphatic hydroxyl groups is 1. The van der Waals surface area contributed by atoms with Crippen molar-refractivity contribution >= 4 is 0 Å². The average Bonchev–Trinajstić information content (AvgIpc) is 3.21. The molecule has 2 rings (SSSR count). The van der Waals surface area contributed by atoms with Crippen LogP contribution in [0.1, 0.15) is 44.2 Å². The molecule has 19 heavy (non-hydrogen) atoms. The number of rotatable bonds is 7. The molecule has 2 heteroatoms. The average molecular weight is 261 g/mol. The second-order valence-corrected chi connectivity index (χ2v) is 6.42. The molecule has 0 amide bonds. The van der Waals surface area contributed by atoms with Gasteiger partial charge < -0.3 is 10.4 Å². The minimum absolute atomic E-state index is 0.0774. The van der Waals surface area contributed by atoms with E-state index in [1.54, 1.807) is 0 Å². The van der Waals surface area contributed by atoms with E-state index in [0.717, 1.165) is 12.8 Å². The molecule has 2 atom stereocenters. The molecule has 0 bridgehead atoms. The van der Waals surface area contributed by atoms with Gasteiger partial charge in [-0.05, 0) is 57.9 Å². The second-order valence-electron chi connectivity index (χ2n) is 6.42. The molecule has 1 aliphatic rings. The predicted molar refractivity (Wildman–Crippen MR) is 80.3 cm³/mol. The van der Waals surface area contributed by atoms with Crippen molar-refractivity contribution in [3.63, 3.8) is 0 Å². The maximum atomic E-state index is 9.60. The Morgan fingerprint density at radius 1 is 1.42 bits per heavy atom. The van der Waals surface area contributed by atoms with E-state index in [1.165, 1.54) is 24.0 Å². The Kier molecular flexibility index (Phi) is 4.64. The quantitative estimate of drug-likeness (QED) is 0.790. The van der Waals surface area contributed by atoms with Crippen LogP contribution >= 0.6 is 0 Å². The monoisotopic (exact) mass is 261 g/mol. The Labute approximate surface area is 117 Å². The van der Waals surface area contributed by atoms with Crippen LogP contribution in [0.25, 0.3) is 0 Å². The van der Waals surface area contributed by atoms with Gasteiger partial charge in [0.05, 0.1) is 6.61 Å². The molecule has 106 valence electrons. The van der Waals surface area contributed by atoms with Crippen LogP contribution in [-0.4, -0.2) is 23.3 Å². The number of nitrogens with one attached hydrogen (secondary N) is 1. The first kappa shape index (κ1) is 14.5. The highest BCUT2D eigenvalue weighted by Crippen LogP contribution is 2.39. The van der Waals surface area contributed by atoms with Crippen molar-refractivity contribution in [2.24, 2.45) is 5.92 Å². The zero-order chi connectivity index (χ0) is 13.9. The van der Waals surface area contributed by atoms with E-state index < -0.39 is 0 Å². The zero-order valence-electron chi connectivity index (χ0n) is 12.4. The van der Waals surface area contributed by atoms with Crippen LogP contribution in [0.5, 0.6) is 0 Å². The lowest BCUT2D eigenvalue weighted by molar-refractivity contribution is 0.142. The van der Waals surface area contributed by atoms with Crippen molar-refractivity contribution in [2.75, 3.05) is 6.61 Å². The van der Waals surface area contributed by atoms with Crippen LogP contribution in [0.2, 0.25) is 0 Å². The van der Waals surface area contributed by atoms with Crippen molar-refractivity contribution in [3.05, 3.63) is 35.4 Å². The number of aliphatic hydroxyl groups excluding tert-OH is 1. The fourth-order valence-electron chi connectivity index (χ4n) is 2.90. The van der Waals surface area contributed by atoms with Crippen molar-refractivity contribution in [2.45, 2.75) is 58.0 Å². The van der Waals surface area contributed by atoms with E-state index in [-0.39, 0.29) is 12.1 Å². The molecule has 1 aliphatic carbocycles. The van der Waals surface area contributed by atoms with Crippen LogP contribution in [0, 0.1) is 12.8 Å². The minimum Gasteiger partial charge on any atom is -0.394 e. The van der Waals surface area contributed by atoms with Gasteiger partial charge in [0.1, 0.15) is 0 Å². The first-order valence-electron chi connectivity index (χ1n) is 7.47. The molecule has 1 aromatic rings. The molecule has 0 saturated heterocycles. The summed E-state index contributed by atoms with van der Waals surface area (Å²) in [6.07, 6.45) is 4.73. The fourth-order valence-corrected chi connectivity index (χ4v) is 2.90. The molecule has 0 aromatic heterocycles. The van der Waals surface area contributed by atoms with Gasteiger partial charge in [-0.25, -0.2) is 0 Å². The first-order chi connectivity index (χ1) is 9.03. The molecule has 0 aliphatic heterocycles. The summed E-state index contributed by atoms with van der Waals surface area (Å²) >= 11 is 0. The molecule has 2 N–H and O–H groups in total. The summed E-state index contributed by atoms with van der Waals surface area (Å²) in [5, 5.41) is 13.2. The third kappa shape index (κ3) is 4.05. The highest BCUT2D eigenvalue weighted by Gasteiger charge is 2.41. The zero-order valence-corrected chi connectivity index (χ0v) is 12.4. The predicted octanol–water partition coefficient (Wildman–Crippen LogP) is 3.07. The summed E-state index contributed by atoms with van der Waals surface area (Å²) in [4.78, 5) is 0. The molecule has 2 nitrogen and oxygen atoms in total. The lowest BCUT2D eigenvalue weighted by Crippen LogP contribution is -2.51. The summed E-state index contributed by atoms with van der Waals surface area (Å²) in [6.45, 7) is 6.77. The van der Waals surface area contributed by atoms with Crippen LogP contribution in [-0.2, 0) is 6.42 Å². The standard InChI is InChI=1S/C17H27NO/c1-13-5-4-6-15(11-13)8-7-14(2)18-17(3,12-19)16-9-10-16/h4-6,11,14,16,18-19H,7-10,12H2,1-3H3. The van der Waals surface area contributed by atoms with E-state index in [2.05, 4.69) is 50.4 Å². The van der Waals surface area contributed by atoms with Crippen molar-refractivity contribution in [1.82, 2.24) is 5.32 Å². The number of benzene rings is 1. The van der Waals surface area contributed by atoms with Gasteiger partial charge in [-0.3, -0.25) is 0 Å². The van der Waals surface area contributed by atoms with Crippen LogP contribution in [0.3, 0.4) is 0 Å². The van der Waals surface area contributed by atoms with Crippen LogP contribution < -0.4 is 5.32 Å². The summed E-state index contributed by atoms with van der Waals surface area (Å²) in [5.74, 6) is 0.666. The van der Waals surface area contributed by atoms with Gasteiger partial charge in [-0.1, -0.05) is 29.8 Å². The topological polar surface area (TPSA) is 32.3 Å². The fraction of sp³-hybridized carbons (Fsp3) is 0.647. The number of hydrogen-bond donors (Lipinski definition) is 2. The maximum Gasteiger partial charge on any atom is 0.0613 e. The molecule has 0 heterocycles. The van der Waals surface area contributed by atoms with Gasteiger partial charge in [0.15, 0.2) is 0 Å². The molecule has 1 saturated carbocycles. The molecule has 0 radical (unpaired) electrons. The van der Waals surface area contributed by atoms with Gasteiger partial charge in [0.2, 0.25) is 0 Å². The Hall–Kier alpha value is -0.860.